The van der Waals surface area contributed by atoms with Crippen molar-refractivity contribution in [2.45, 2.75) is 25.8 Å². The summed E-state index contributed by atoms with van der Waals surface area (Å²) in [4.78, 5) is 24.3. The lowest BCUT2D eigenvalue weighted by molar-refractivity contribution is -0.138. The quantitative estimate of drug-likeness (QED) is 0.719. The first-order valence-corrected chi connectivity index (χ1v) is 8.69. The highest BCUT2D eigenvalue weighted by Gasteiger charge is 2.31. The van der Waals surface area contributed by atoms with Gasteiger partial charge in [-0.1, -0.05) is 42.5 Å². The lowest BCUT2D eigenvalue weighted by Crippen LogP contribution is -2.10. The Balaban J connectivity index is 1.67. The molecule has 0 radical (unpaired) electrons. The molecular weight excluding hydrogens is 326 g/mol. The third-order valence-corrected chi connectivity index (χ3v) is 5.12. The first-order valence-electron chi connectivity index (χ1n) is 8.69. The zero-order valence-corrected chi connectivity index (χ0v) is 14.5. The number of fused-ring (bicyclic) bond motifs is 1. The van der Waals surface area contributed by atoms with Gasteiger partial charge in [0.25, 0.3) is 0 Å². The highest BCUT2D eigenvalue weighted by molar-refractivity contribution is 6.08. The molecule has 0 amide bonds. The molecule has 1 atom stereocenters. The van der Waals surface area contributed by atoms with E-state index in [9.17, 15) is 14.7 Å². The largest absolute Gasteiger partial charge is 0.481 e. The number of benzene rings is 2. The second-order valence-electron chi connectivity index (χ2n) is 6.70. The summed E-state index contributed by atoms with van der Waals surface area (Å²) in [6.07, 6.45) is 0.539. The van der Waals surface area contributed by atoms with Crippen molar-refractivity contribution in [1.82, 2.24) is 4.57 Å². The van der Waals surface area contributed by atoms with Crippen LogP contribution in [0.4, 0.5) is 0 Å². The van der Waals surface area contributed by atoms with Gasteiger partial charge < -0.3 is 9.67 Å². The predicted octanol–water partition coefficient (Wildman–Crippen LogP) is 4.27. The SMILES string of the molecule is Cc1cc(C(=O)c2ccc3n2CCC3C(=O)O)ccc1-c1ccccc1. The number of carbonyl (C=O) groups excluding carboxylic acids is 1. The second kappa shape index (κ2) is 6.30. The van der Waals surface area contributed by atoms with Gasteiger partial charge in [-0.15, -0.1) is 0 Å². The van der Waals surface area contributed by atoms with E-state index in [4.69, 9.17) is 0 Å². The van der Waals surface area contributed by atoms with Gasteiger partial charge in [0.1, 0.15) is 0 Å². The van der Waals surface area contributed by atoms with Crippen molar-refractivity contribution in [2.24, 2.45) is 0 Å². The third kappa shape index (κ3) is 2.64. The molecule has 1 aromatic heterocycles. The summed E-state index contributed by atoms with van der Waals surface area (Å²) >= 11 is 0. The number of aliphatic carboxylic acids is 1. The topological polar surface area (TPSA) is 59.3 Å². The van der Waals surface area contributed by atoms with Crippen LogP contribution in [-0.2, 0) is 11.3 Å². The highest BCUT2D eigenvalue weighted by atomic mass is 16.4. The third-order valence-electron chi connectivity index (χ3n) is 5.12. The van der Waals surface area contributed by atoms with Crippen molar-refractivity contribution in [3.8, 4) is 11.1 Å². The summed E-state index contributed by atoms with van der Waals surface area (Å²) < 4.78 is 1.85. The van der Waals surface area contributed by atoms with Crippen LogP contribution in [-0.4, -0.2) is 21.4 Å². The van der Waals surface area contributed by atoms with Gasteiger partial charge in [0.15, 0.2) is 0 Å². The van der Waals surface area contributed by atoms with Gasteiger partial charge in [-0.05, 0) is 48.2 Å². The van der Waals surface area contributed by atoms with Gasteiger partial charge in [0.2, 0.25) is 5.78 Å². The number of aryl methyl sites for hydroxylation is 1. The molecule has 1 aliphatic heterocycles. The van der Waals surface area contributed by atoms with Crippen LogP contribution in [0.2, 0.25) is 0 Å². The molecule has 0 saturated heterocycles. The average Bonchev–Trinajstić information content (AvgIpc) is 3.23. The number of aromatic nitrogens is 1. The number of carbonyl (C=O) groups is 2. The van der Waals surface area contributed by atoms with Crippen LogP contribution in [0.1, 0.15) is 39.6 Å². The van der Waals surface area contributed by atoms with Crippen LogP contribution >= 0.6 is 0 Å². The molecule has 1 aliphatic rings. The minimum Gasteiger partial charge on any atom is -0.481 e. The normalized spacial score (nSPS) is 15.7. The van der Waals surface area contributed by atoms with Gasteiger partial charge in [-0.25, -0.2) is 0 Å². The summed E-state index contributed by atoms with van der Waals surface area (Å²) in [6.45, 7) is 2.57. The minimum atomic E-state index is -0.830. The van der Waals surface area contributed by atoms with E-state index < -0.39 is 11.9 Å². The molecule has 2 heterocycles. The van der Waals surface area contributed by atoms with Gasteiger partial charge in [0, 0.05) is 17.8 Å². The Kier molecular flexibility index (Phi) is 3.96. The maximum atomic E-state index is 13.0. The minimum absolute atomic E-state index is 0.0648. The number of hydrogen-bond donors (Lipinski definition) is 1. The summed E-state index contributed by atoms with van der Waals surface area (Å²) in [7, 11) is 0. The zero-order chi connectivity index (χ0) is 18.3. The van der Waals surface area contributed by atoms with Crippen molar-refractivity contribution in [3.05, 3.63) is 83.2 Å². The van der Waals surface area contributed by atoms with Crippen LogP contribution in [0.5, 0.6) is 0 Å². The molecule has 0 bridgehead atoms. The van der Waals surface area contributed by atoms with Crippen molar-refractivity contribution in [3.63, 3.8) is 0 Å². The maximum absolute atomic E-state index is 13.0. The Labute approximate surface area is 151 Å². The lowest BCUT2D eigenvalue weighted by Gasteiger charge is -2.10. The van der Waals surface area contributed by atoms with Gasteiger partial charge in [-0.2, -0.15) is 0 Å². The Hall–Kier alpha value is -3.14. The number of hydrogen-bond acceptors (Lipinski definition) is 2. The van der Waals surface area contributed by atoms with E-state index >= 15 is 0 Å². The first-order chi connectivity index (χ1) is 12.6. The Morgan fingerprint density at radius 2 is 1.81 bits per heavy atom. The van der Waals surface area contributed by atoms with E-state index in [1.807, 2.05) is 47.9 Å². The first kappa shape index (κ1) is 16.3. The van der Waals surface area contributed by atoms with Crippen LogP contribution in [0.15, 0.2) is 60.7 Å². The molecule has 4 rings (SSSR count). The predicted molar refractivity (Wildman–Crippen MR) is 99.5 cm³/mol. The van der Waals surface area contributed by atoms with Crippen LogP contribution in [0.25, 0.3) is 11.1 Å². The molecule has 0 aliphatic carbocycles. The molecule has 1 unspecified atom stereocenters. The standard InChI is InChI=1S/C22H19NO3/c1-14-13-16(7-8-17(14)15-5-3-2-4-6-15)21(24)20-10-9-19-18(22(25)26)11-12-23(19)20/h2-10,13,18H,11-12H2,1H3,(H,25,26). The van der Waals surface area contributed by atoms with Crippen molar-refractivity contribution < 1.29 is 14.7 Å². The summed E-state index contributed by atoms with van der Waals surface area (Å²) in [5.74, 6) is -1.41. The monoisotopic (exact) mass is 345 g/mol. The van der Waals surface area contributed by atoms with Crippen molar-refractivity contribution >= 4 is 11.8 Å². The van der Waals surface area contributed by atoms with E-state index in [1.54, 1.807) is 12.1 Å². The van der Waals surface area contributed by atoms with Gasteiger partial charge in [-0.3, -0.25) is 9.59 Å². The Morgan fingerprint density at radius 3 is 2.50 bits per heavy atom. The number of carboxylic acid groups (broad SMARTS) is 1. The van der Waals surface area contributed by atoms with E-state index in [2.05, 4.69) is 12.1 Å². The highest BCUT2D eigenvalue weighted by Crippen LogP contribution is 2.32. The smallest absolute Gasteiger partial charge is 0.312 e. The Bertz CT molecular complexity index is 1000. The van der Waals surface area contributed by atoms with Crippen LogP contribution < -0.4 is 0 Å². The molecule has 0 fully saturated rings. The van der Waals surface area contributed by atoms with Gasteiger partial charge in [0.05, 0.1) is 11.6 Å². The molecule has 1 N–H and O–H groups in total. The molecule has 130 valence electrons. The van der Waals surface area contributed by atoms with E-state index in [0.717, 1.165) is 22.4 Å². The Morgan fingerprint density at radius 1 is 1.04 bits per heavy atom. The second-order valence-corrected chi connectivity index (χ2v) is 6.70. The molecule has 0 spiro atoms. The van der Waals surface area contributed by atoms with Crippen molar-refractivity contribution in [2.75, 3.05) is 0 Å². The molecule has 2 aromatic carbocycles. The summed E-state index contributed by atoms with van der Waals surface area (Å²) in [5.41, 5.74) is 5.18. The fourth-order valence-electron chi connectivity index (χ4n) is 3.79. The molecule has 3 aromatic rings. The molecule has 26 heavy (non-hydrogen) atoms. The summed E-state index contributed by atoms with van der Waals surface area (Å²) in [5, 5.41) is 9.30. The molecular formula is C22H19NO3. The van der Waals surface area contributed by atoms with E-state index in [-0.39, 0.29) is 5.78 Å². The van der Waals surface area contributed by atoms with Crippen molar-refractivity contribution in [1.29, 1.82) is 0 Å². The van der Waals surface area contributed by atoms with E-state index in [1.165, 1.54) is 0 Å². The number of nitrogens with zero attached hydrogens (tertiary/aromatic N) is 1. The van der Waals surface area contributed by atoms with E-state index in [0.29, 0.717) is 24.2 Å². The number of ketones is 1. The van der Waals surface area contributed by atoms with Crippen LogP contribution in [0, 0.1) is 6.92 Å². The fraction of sp³-hybridized carbons (Fsp3) is 0.182. The fourth-order valence-corrected chi connectivity index (χ4v) is 3.79. The average molecular weight is 345 g/mol. The number of carboxylic acids is 1. The maximum Gasteiger partial charge on any atom is 0.312 e. The zero-order valence-electron chi connectivity index (χ0n) is 14.5. The lowest BCUT2D eigenvalue weighted by atomic mass is 9.96. The molecule has 4 heteroatoms. The van der Waals surface area contributed by atoms with Gasteiger partial charge >= 0.3 is 5.97 Å². The number of rotatable bonds is 4. The summed E-state index contributed by atoms with van der Waals surface area (Å²) in [6, 6.07) is 19.3. The van der Waals surface area contributed by atoms with Crippen LogP contribution in [0.3, 0.4) is 0 Å². The molecule has 0 saturated carbocycles. The molecule has 4 nitrogen and oxygen atoms in total.